The Morgan fingerprint density at radius 1 is 1.42 bits per heavy atom. The van der Waals surface area contributed by atoms with Gasteiger partial charge in [-0.15, -0.1) is 0 Å². The minimum atomic E-state index is -3.71. The number of hydrogen-bond acceptors (Lipinski definition) is 5. The number of benzene rings is 1. The zero-order chi connectivity index (χ0) is 17.6. The highest BCUT2D eigenvalue weighted by molar-refractivity contribution is 7.98. The van der Waals surface area contributed by atoms with E-state index < -0.39 is 16.1 Å². The van der Waals surface area contributed by atoms with E-state index in [-0.39, 0.29) is 16.8 Å². The van der Waals surface area contributed by atoms with Crippen molar-refractivity contribution in [2.24, 2.45) is 0 Å². The Labute approximate surface area is 148 Å². The summed E-state index contributed by atoms with van der Waals surface area (Å²) in [4.78, 5) is 14.8. The van der Waals surface area contributed by atoms with Crippen molar-refractivity contribution in [3.8, 4) is 0 Å². The number of piperazine rings is 1. The summed E-state index contributed by atoms with van der Waals surface area (Å²) in [5.74, 6) is 0.576. The van der Waals surface area contributed by atoms with Crippen molar-refractivity contribution in [2.45, 2.75) is 30.3 Å². The number of amides is 1. The molecule has 1 heterocycles. The highest BCUT2D eigenvalue weighted by Crippen LogP contribution is 2.13. The van der Waals surface area contributed by atoms with Gasteiger partial charge in [0.25, 0.3) is 0 Å². The van der Waals surface area contributed by atoms with E-state index in [4.69, 9.17) is 0 Å². The average Bonchev–Trinajstić information content (AvgIpc) is 2.58. The number of rotatable bonds is 7. The summed E-state index contributed by atoms with van der Waals surface area (Å²) in [5, 5.41) is 3.29. The largest absolute Gasteiger partial charge is 0.338 e. The quantitative estimate of drug-likeness (QED) is 0.745. The van der Waals surface area contributed by atoms with Crippen molar-refractivity contribution >= 4 is 27.7 Å². The van der Waals surface area contributed by atoms with Crippen LogP contribution in [0.25, 0.3) is 0 Å². The maximum Gasteiger partial charge on any atom is 0.241 e. The fraction of sp³-hybridized carbons (Fsp3) is 0.562. The van der Waals surface area contributed by atoms with Crippen LogP contribution < -0.4 is 10.0 Å². The predicted octanol–water partition coefficient (Wildman–Crippen LogP) is 0.907. The van der Waals surface area contributed by atoms with E-state index in [0.29, 0.717) is 19.5 Å². The summed E-state index contributed by atoms with van der Waals surface area (Å²) in [7, 11) is -3.71. The number of nitrogens with one attached hydrogen (secondary N) is 2. The Balaban J connectivity index is 2.14. The molecule has 24 heavy (non-hydrogen) atoms. The molecule has 1 saturated heterocycles. The van der Waals surface area contributed by atoms with Crippen LogP contribution >= 0.6 is 11.8 Å². The third kappa shape index (κ3) is 5.20. The van der Waals surface area contributed by atoms with Gasteiger partial charge >= 0.3 is 0 Å². The number of hydrogen-bond donors (Lipinski definition) is 2. The maximum absolute atomic E-state index is 12.8. The topological polar surface area (TPSA) is 78.5 Å². The molecule has 1 aromatic rings. The van der Waals surface area contributed by atoms with Gasteiger partial charge in [-0.3, -0.25) is 4.79 Å². The van der Waals surface area contributed by atoms with E-state index >= 15 is 0 Å². The standard InChI is InChI=1S/C16H25N3O3S2/c1-13-12-19(10-9-17-13)16(20)15(8-11-23-2)18-24(21,22)14-6-4-3-5-7-14/h3-7,13,15,17-18H,8-12H2,1-2H3. The first kappa shape index (κ1) is 19.2. The van der Waals surface area contributed by atoms with E-state index in [9.17, 15) is 13.2 Å². The summed E-state index contributed by atoms with van der Waals surface area (Å²) in [6.45, 7) is 3.95. The van der Waals surface area contributed by atoms with Crippen LogP contribution in [0.1, 0.15) is 13.3 Å². The van der Waals surface area contributed by atoms with Crippen LogP contribution in [-0.2, 0) is 14.8 Å². The second-order valence-electron chi connectivity index (χ2n) is 5.91. The van der Waals surface area contributed by atoms with Crippen molar-refractivity contribution < 1.29 is 13.2 Å². The molecule has 6 nitrogen and oxygen atoms in total. The summed E-state index contributed by atoms with van der Waals surface area (Å²) in [6.07, 6.45) is 2.42. The van der Waals surface area contributed by atoms with Crippen molar-refractivity contribution in [1.29, 1.82) is 0 Å². The molecule has 1 aliphatic heterocycles. The smallest absolute Gasteiger partial charge is 0.241 e. The molecule has 1 aliphatic rings. The molecule has 1 aromatic carbocycles. The molecule has 1 amide bonds. The van der Waals surface area contributed by atoms with Crippen LogP contribution in [0.2, 0.25) is 0 Å². The van der Waals surface area contributed by atoms with Crippen LogP contribution in [0.15, 0.2) is 35.2 Å². The van der Waals surface area contributed by atoms with Gasteiger partial charge in [0.15, 0.2) is 0 Å². The van der Waals surface area contributed by atoms with Crippen molar-refractivity contribution in [3.05, 3.63) is 30.3 Å². The zero-order valence-corrected chi connectivity index (χ0v) is 15.7. The van der Waals surface area contributed by atoms with E-state index in [1.54, 1.807) is 34.9 Å². The number of thioether (sulfide) groups is 1. The van der Waals surface area contributed by atoms with Gasteiger partial charge in [-0.05, 0) is 37.5 Å². The van der Waals surface area contributed by atoms with Crippen LogP contribution in [0.4, 0.5) is 0 Å². The molecular weight excluding hydrogens is 346 g/mol. The minimum Gasteiger partial charge on any atom is -0.338 e. The van der Waals surface area contributed by atoms with Gasteiger partial charge in [-0.1, -0.05) is 18.2 Å². The molecule has 2 unspecified atom stereocenters. The SMILES string of the molecule is CSCCC(NS(=O)(=O)c1ccccc1)C(=O)N1CCNC(C)C1. The van der Waals surface area contributed by atoms with Gasteiger partial charge in [-0.25, -0.2) is 8.42 Å². The summed E-state index contributed by atoms with van der Waals surface area (Å²) in [5.41, 5.74) is 0. The average molecular weight is 372 g/mol. The van der Waals surface area contributed by atoms with Gasteiger partial charge in [0.2, 0.25) is 15.9 Å². The summed E-state index contributed by atoms with van der Waals surface area (Å²) >= 11 is 1.60. The summed E-state index contributed by atoms with van der Waals surface area (Å²) in [6, 6.07) is 7.66. The Hall–Kier alpha value is -1.09. The highest BCUT2D eigenvalue weighted by Gasteiger charge is 2.30. The van der Waals surface area contributed by atoms with E-state index in [2.05, 4.69) is 10.0 Å². The predicted molar refractivity (Wildman–Crippen MR) is 97.6 cm³/mol. The lowest BCUT2D eigenvalue weighted by molar-refractivity contribution is -0.134. The first-order valence-electron chi connectivity index (χ1n) is 8.02. The van der Waals surface area contributed by atoms with Crippen LogP contribution in [0.3, 0.4) is 0 Å². The molecule has 8 heteroatoms. The second-order valence-corrected chi connectivity index (χ2v) is 8.61. The molecular formula is C16H25N3O3S2. The van der Waals surface area contributed by atoms with Gasteiger partial charge in [0.05, 0.1) is 4.90 Å². The number of nitrogens with zero attached hydrogens (tertiary/aromatic N) is 1. The minimum absolute atomic E-state index is 0.142. The molecule has 0 bridgehead atoms. The van der Waals surface area contributed by atoms with E-state index in [1.165, 1.54) is 12.1 Å². The molecule has 0 radical (unpaired) electrons. The van der Waals surface area contributed by atoms with Crippen molar-refractivity contribution in [1.82, 2.24) is 14.9 Å². The van der Waals surface area contributed by atoms with E-state index in [1.807, 2.05) is 13.2 Å². The molecule has 2 N–H and O–H groups in total. The Morgan fingerprint density at radius 2 is 2.12 bits per heavy atom. The lowest BCUT2D eigenvalue weighted by Gasteiger charge is -2.34. The van der Waals surface area contributed by atoms with Crippen LogP contribution in [-0.4, -0.2) is 63.0 Å². The van der Waals surface area contributed by atoms with Gasteiger partial charge in [-0.2, -0.15) is 16.5 Å². The normalized spacial score (nSPS) is 19.9. The Kier molecular flexibility index (Phi) is 7.09. The van der Waals surface area contributed by atoms with Gasteiger partial charge in [0.1, 0.15) is 6.04 Å². The van der Waals surface area contributed by atoms with Gasteiger partial charge in [0, 0.05) is 25.7 Å². The molecule has 0 aromatic heterocycles. The molecule has 1 fully saturated rings. The molecule has 0 spiro atoms. The van der Waals surface area contributed by atoms with Crippen LogP contribution in [0, 0.1) is 0 Å². The maximum atomic E-state index is 12.8. The highest BCUT2D eigenvalue weighted by atomic mass is 32.2. The lowest BCUT2D eigenvalue weighted by atomic mass is 10.1. The third-order valence-electron chi connectivity index (χ3n) is 3.94. The summed E-state index contributed by atoms with van der Waals surface area (Å²) < 4.78 is 27.7. The molecule has 134 valence electrons. The monoisotopic (exact) mass is 371 g/mol. The lowest BCUT2D eigenvalue weighted by Crippen LogP contribution is -2.56. The van der Waals surface area contributed by atoms with Crippen molar-refractivity contribution in [3.63, 3.8) is 0 Å². The number of sulfonamides is 1. The first-order chi connectivity index (χ1) is 11.4. The number of carbonyl (C=O) groups is 1. The fourth-order valence-corrected chi connectivity index (χ4v) is 4.39. The Morgan fingerprint density at radius 3 is 2.75 bits per heavy atom. The van der Waals surface area contributed by atoms with E-state index in [0.717, 1.165) is 12.3 Å². The molecule has 2 atom stereocenters. The Bertz CT molecular complexity index is 637. The second kappa shape index (κ2) is 8.84. The molecule has 0 saturated carbocycles. The molecule has 0 aliphatic carbocycles. The zero-order valence-electron chi connectivity index (χ0n) is 14.1. The first-order valence-corrected chi connectivity index (χ1v) is 10.9. The van der Waals surface area contributed by atoms with Crippen LogP contribution in [0.5, 0.6) is 0 Å². The fourth-order valence-electron chi connectivity index (χ4n) is 2.68. The van der Waals surface area contributed by atoms with Gasteiger partial charge < -0.3 is 10.2 Å². The molecule has 2 rings (SSSR count). The third-order valence-corrected chi connectivity index (χ3v) is 6.07. The number of carbonyl (C=O) groups excluding carboxylic acids is 1. The van der Waals surface area contributed by atoms with Crippen molar-refractivity contribution in [2.75, 3.05) is 31.6 Å².